The number of Topliss-reactive ketones (excluding diaryl/α,β-unsaturated/α-hetero) is 1. The molecule has 9 heteroatoms. The van der Waals surface area contributed by atoms with Crippen molar-refractivity contribution in [3.63, 3.8) is 0 Å². The highest BCUT2D eigenvalue weighted by Gasteiger charge is 2.47. The summed E-state index contributed by atoms with van der Waals surface area (Å²) in [6, 6.07) is 15.0. The summed E-state index contributed by atoms with van der Waals surface area (Å²) in [5, 5.41) is 6.53. The average Bonchev–Trinajstić information content (AvgIpc) is 3.09. The summed E-state index contributed by atoms with van der Waals surface area (Å²) in [5.41, 5.74) is 1.53. The van der Waals surface area contributed by atoms with Crippen LogP contribution in [-0.2, 0) is 9.59 Å². The Kier molecular flexibility index (Phi) is 7.10. The van der Waals surface area contributed by atoms with Gasteiger partial charge in [-0.05, 0) is 61.4 Å². The third-order valence-corrected chi connectivity index (χ3v) is 6.84. The van der Waals surface area contributed by atoms with E-state index in [1.807, 2.05) is 48.5 Å². The van der Waals surface area contributed by atoms with E-state index in [0.29, 0.717) is 36.5 Å². The first-order valence-corrected chi connectivity index (χ1v) is 11.8. The normalized spacial score (nSPS) is 19.6. The molecular weight excluding hydrogens is 463 g/mol. The van der Waals surface area contributed by atoms with Gasteiger partial charge in [0.1, 0.15) is 11.3 Å². The van der Waals surface area contributed by atoms with Gasteiger partial charge in [-0.3, -0.25) is 14.9 Å². The highest BCUT2D eigenvalue weighted by Crippen LogP contribution is 2.29. The molecule has 33 heavy (non-hydrogen) atoms. The summed E-state index contributed by atoms with van der Waals surface area (Å²) < 4.78 is 0. The number of hydrogen-bond donors (Lipinski definition) is 2. The molecule has 0 aliphatic carbocycles. The fourth-order valence-corrected chi connectivity index (χ4v) is 4.60. The van der Waals surface area contributed by atoms with Crippen LogP contribution < -0.4 is 20.4 Å². The molecule has 0 bridgehead atoms. The predicted octanol–water partition coefficient (Wildman–Crippen LogP) is 4.03. The van der Waals surface area contributed by atoms with E-state index in [9.17, 15) is 14.4 Å². The van der Waals surface area contributed by atoms with Crippen LogP contribution in [0.2, 0.25) is 10.0 Å². The Morgan fingerprint density at radius 1 is 0.697 bits per heavy atom. The molecule has 3 saturated heterocycles. The van der Waals surface area contributed by atoms with Gasteiger partial charge in [0.15, 0.2) is 0 Å². The Balaban J connectivity index is 0.000000165. The fraction of sp³-hybridized carbons (Fsp3) is 0.375. The van der Waals surface area contributed by atoms with Gasteiger partial charge in [-0.25, -0.2) is 4.79 Å². The summed E-state index contributed by atoms with van der Waals surface area (Å²) in [5.74, 6) is 0.170. The van der Waals surface area contributed by atoms with E-state index >= 15 is 0 Å². The first-order valence-electron chi connectivity index (χ1n) is 11.0. The van der Waals surface area contributed by atoms with Gasteiger partial charge < -0.3 is 15.1 Å². The lowest BCUT2D eigenvalue weighted by atomic mass is 9.87. The second kappa shape index (κ2) is 10.0. The first-order chi connectivity index (χ1) is 15.8. The van der Waals surface area contributed by atoms with Crippen molar-refractivity contribution in [2.45, 2.75) is 31.2 Å². The number of urea groups is 1. The maximum atomic E-state index is 11.8. The Morgan fingerprint density at radius 3 is 1.58 bits per heavy atom. The van der Waals surface area contributed by atoms with Gasteiger partial charge in [-0.2, -0.15) is 0 Å². The number of anilines is 2. The maximum absolute atomic E-state index is 11.8. The van der Waals surface area contributed by atoms with Crippen LogP contribution >= 0.6 is 23.2 Å². The lowest BCUT2D eigenvalue weighted by Crippen LogP contribution is -2.54. The minimum Gasteiger partial charge on any atom is -0.371 e. The molecule has 0 aromatic heterocycles. The molecule has 3 aliphatic rings. The minimum absolute atomic E-state index is 0.201. The molecule has 2 aromatic carbocycles. The number of imide groups is 1. The molecular formula is C24H26Cl2N4O3. The number of amides is 3. The average molecular weight is 489 g/mol. The summed E-state index contributed by atoms with van der Waals surface area (Å²) in [4.78, 5) is 38.5. The molecule has 3 amide bonds. The van der Waals surface area contributed by atoms with Crippen LogP contribution in [0.3, 0.4) is 0 Å². The number of carbonyl (C=O) groups is 3. The SMILES string of the molecule is O=C1CCN(c2ccc(Cl)cc2)CC1.O=C1NC(=O)C2(CCN(c3ccc(Cl)cc3)CC2)N1. The maximum Gasteiger partial charge on any atom is 0.322 e. The molecule has 1 spiro atoms. The highest BCUT2D eigenvalue weighted by atomic mass is 35.5. The molecule has 2 aromatic rings. The van der Waals surface area contributed by atoms with Crippen molar-refractivity contribution in [2.75, 3.05) is 36.0 Å². The topological polar surface area (TPSA) is 81.8 Å². The Labute approximate surface area is 203 Å². The van der Waals surface area contributed by atoms with E-state index in [2.05, 4.69) is 20.4 Å². The van der Waals surface area contributed by atoms with Crippen molar-refractivity contribution in [2.24, 2.45) is 0 Å². The molecule has 2 N–H and O–H groups in total. The smallest absolute Gasteiger partial charge is 0.322 e. The van der Waals surface area contributed by atoms with Crippen molar-refractivity contribution in [1.29, 1.82) is 0 Å². The Hall–Kier alpha value is -2.77. The van der Waals surface area contributed by atoms with E-state index in [1.165, 1.54) is 0 Å². The van der Waals surface area contributed by atoms with Crippen molar-refractivity contribution >= 4 is 52.3 Å². The van der Waals surface area contributed by atoms with Crippen molar-refractivity contribution in [3.8, 4) is 0 Å². The molecule has 0 radical (unpaired) electrons. The van der Waals surface area contributed by atoms with Crippen LogP contribution in [0.25, 0.3) is 0 Å². The molecule has 5 rings (SSSR count). The number of nitrogens with zero attached hydrogens (tertiary/aromatic N) is 2. The summed E-state index contributed by atoms with van der Waals surface area (Å²) >= 11 is 11.7. The molecule has 3 fully saturated rings. The van der Waals surface area contributed by atoms with Crippen LogP contribution in [0.1, 0.15) is 25.7 Å². The van der Waals surface area contributed by atoms with Crippen LogP contribution in [0.15, 0.2) is 48.5 Å². The van der Waals surface area contributed by atoms with Crippen molar-refractivity contribution in [1.82, 2.24) is 10.6 Å². The summed E-state index contributed by atoms with van der Waals surface area (Å²) in [7, 11) is 0. The number of benzene rings is 2. The molecule has 0 atom stereocenters. The zero-order chi connectivity index (χ0) is 23.4. The Bertz CT molecular complexity index is 1010. The molecule has 0 unspecified atom stereocenters. The van der Waals surface area contributed by atoms with Crippen molar-refractivity contribution in [3.05, 3.63) is 58.6 Å². The van der Waals surface area contributed by atoms with Gasteiger partial charge in [0.05, 0.1) is 0 Å². The minimum atomic E-state index is -0.708. The standard InChI is InChI=1S/C13H14ClN3O2.C11H12ClNO/c14-9-1-3-10(4-2-9)17-7-5-13(6-8-17)11(18)15-12(19)16-13;12-9-1-3-10(4-2-9)13-7-5-11(14)6-8-13/h1-4H,5-8H2,(H2,15,16,18,19);1-4H,5-8H2. The number of hydrogen-bond acceptors (Lipinski definition) is 5. The van der Waals surface area contributed by atoms with Gasteiger partial charge in [0.2, 0.25) is 0 Å². The van der Waals surface area contributed by atoms with Gasteiger partial charge in [0, 0.05) is 60.4 Å². The second-order valence-electron chi connectivity index (χ2n) is 8.46. The monoisotopic (exact) mass is 488 g/mol. The molecule has 174 valence electrons. The number of nitrogens with one attached hydrogen (secondary N) is 2. The number of ketones is 1. The third kappa shape index (κ3) is 5.60. The van der Waals surface area contributed by atoms with E-state index in [1.54, 1.807) is 0 Å². The van der Waals surface area contributed by atoms with E-state index in [-0.39, 0.29) is 11.9 Å². The first kappa shape index (κ1) is 23.4. The number of rotatable bonds is 2. The zero-order valence-electron chi connectivity index (χ0n) is 18.2. The van der Waals surface area contributed by atoms with Gasteiger partial charge in [0.25, 0.3) is 5.91 Å². The quantitative estimate of drug-likeness (QED) is 0.623. The second-order valence-corrected chi connectivity index (χ2v) is 9.33. The van der Waals surface area contributed by atoms with E-state index in [0.717, 1.165) is 42.6 Å². The predicted molar refractivity (Wildman–Crippen MR) is 130 cm³/mol. The van der Waals surface area contributed by atoms with Gasteiger partial charge >= 0.3 is 6.03 Å². The van der Waals surface area contributed by atoms with Crippen molar-refractivity contribution < 1.29 is 14.4 Å². The lowest BCUT2D eigenvalue weighted by molar-refractivity contribution is -0.124. The van der Waals surface area contributed by atoms with Crippen LogP contribution in [0, 0.1) is 0 Å². The van der Waals surface area contributed by atoms with Crippen LogP contribution in [0.5, 0.6) is 0 Å². The Morgan fingerprint density at radius 2 is 1.15 bits per heavy atom. The summed E-state index contributed by atoms with van der Waals surface area (Å²) in [6.45, 7) is 3.13. The number of carbonyl (C=O) groups excluding carboxylic acids is 3. The molecule has 7 nitrogen and oxygen atoms in total. The third-order valence-electron chi connectivity index (χ3n) is 6.34. The molecule has 0 saturated carbocycles. The fourth-order valence-electron chi connectivity index (χ4n) is 4.34. The number of halogens is 2. The lowest BCUT2D eigenvalue weighted by Gasteiger charge is -2.38. The van der Waals surface area contributed by atoms with Gasteiger partial charge in [-0.15, -0.1) is 0 Å². The van der Waals surface area contributed by atoms with Gasteiger partial charge in [-0.1, -0.05) is 23.2 Å². The van der Waals surface area contributed by atoms with Crippen LogP contribution in [0.4, 0.5) is 16.2 Å². The van der Waals surface area contributed by atoms with Crippen LogP contribution in [-0.4, -0.2) is 49.4 Å². The largest absolute Gasteiger partial charge is 0.371 e. The summed E-state index contributed by atoms with van der Waals surface area (Å²) in [6.07, 6.45) is 2.58. The zero-order valence-corrected chi connectivity index (χ0v) is 19.7. The molecule has 3 heterocycles. The number of piperidine rings is 2. The highest BCUT2D eigenvalue weighted by molar-refractivity contribution is 6.30. The van der Waals surface area contributed by atoms with E-state index in [4.69, 9.17) is 23.2 Å². The molecule has 3 aliphatic heterocycles. The van der Waals surface area contributed by atoms with E-state index < -0.39 is 5.54 Å².